The van der Waals surface area contributed by atoms with Gasteiger partial charge < -0.3 is 0 Å². The molecule has 4 amide bonds. The standard InChI is InChI=1S/C16H7N3O6/c20-13-9-3-1-7(5-11(9)14(21)17-13)18-15(22)10-4-2-8(19(24)25)6-12(10)16(18)23/h1-6H,(H,17,20,21). The summed E-state index contributed by atoms with van der Waals surface area (Å²) in [5.74, 6) is -2.55. The first-order chi connectivity index (χ1) is 11.9. The van der Waals surface area contributed by atoms with Crippen molar-refractivity contribution in [3.05, 3.63) is 68.8 Å². The fourth-order valence-electron chi connectivity index (χ4n) is 2.87. The third-order valence-corrected chi connectivity index (χ3v) is 4.06. The Labute approximate surface area is 139 Å². The summed E-state index contributed by atoms with van der Waals surface area (Å²) in [4.78, 5) is 59.4. The second-order valence-electron chi connectivity index (χ2n) is 5.45. The van der Waals surface area contributed by atoms with Gasteiger partial charge in [-0.3, -0.25) is 34.6 Å². The number of nitrogens with one attached hydrogen (secondary N) is 1. The number of hydrogen-bond donors (Lipinski definition) is 1. The van der Waals surface area contributed by atoms with E-state index in [2.05, 4.69) is 5.32 Å². The largest absolute Gasteiger partial charge is 0.288 e. The molecule has 2 aliphatic heterocycles. The zero-order valence-corrected chi connectivity index (χ0v) is 12.3. The Hall–Kier alpha value is -3.88. The number of hydrogen-bond acceptors (Lipinski definition) is 6. The van der Waals surface area contributed by atoms with E-state index in [4.69, 9.17) is 0 Å². The van der Waals surface area contributed by atoms with Gasteiger partial charge in [-0.1, -0.05) is 0 Å². The van der Waals surface area contributed by atoms with E-state index in [0.717, 1.165) is 17.0 Å². The summed E-state index contributed by atoms with van der Waals surface area (Å²) in [7, 11) is 0. The Balaban J connectivity index is 1.80. The van der Waals surface area contributed by atoms with Crippen LogP contribution in [0.2, 0.25) is 0 Å². The topological polar surface area (TPSA) is 127 Å². The van der Waals surface area contributed by atoms with Gasteiger partial charge in [0.05, 0.1) is 32.9 Å². The van der Waals surface area contributed by atoms with Gasteiger partial charge in [-0.05, 0) is 24.3 Å². The molecule has 0 saturated heterocycles. The van der Waals surface area contributed by atoms with E-state index < -0.39 is 28.6 Å². The van der Waals surface area contributed by atoms with Crippen molar-refractivity contribution >= 4 is 35.0 Å². The maximum atomic E-state index is 12.5. The molecule has 0 radical (unpaired) electrons. The van der Waals surface area contributed by atoms with E-state index in [1.54, 1.807) is 0 Å². The van der Waals surface area contributed by atoms with Crippen LogP contribution in [0.5, 0.6) is 0 Å². The van der Waals surface area contributed by atoms with Crippen molar-refractivity contribution in [3.63, 3.8) is 0 Å². The molecule has 0 aromatic heterocycles. The second-order valence-corrected chi connectivity index (χ2v) is 5.45. The lowest BCUT2D eigenvalue weighted by Gasteiger charge is -2.14. The number of carbonyl (C=O) groups is 4. The van der Waals surface area contributed by atoms with Crippen molar-refractivity contribution in [2.45, 2.75) is 0 Å². The van der Waals surface area contributed by atoms with E-state index >= 15 is 0 Å². The molecule has 2 heterocycles. The number of imide groups is 2. The highest BCUT2D eigenvalue weighted by Gasteiger charge is 2.39. The van der Waals surface area contributed by atoms with Gasteiger partial charge in [0.1, 0.15) is 0 Å². The van der Waals surface area contributed by atoms with Crippen molar-refractivity contribution < 1.29 is 24.1 Å². The Morgan fingerprint density at radius 2 is 1.44 bits per heavy atom. The highest BCUT2D eigenvalue weighted by Crippen LogP contribution is 2.32. The molecule has 122 valence electrons. The van der Waals surface area contributed by atoms with Crippen LogP contribution in [-0.4, -0.2) is 28.6 Å². The van der Waals surface area contributed by atoms with Gasteiger partial charge in [-0.25, -0.2) is 4.90 Å². The SMILES string of the molecule is O=C1NC(=O)c2cc(N3C(=O)c4ccc([N+](=O)[O-])cc4C3=O)ccc21. The summed E-state index contributed by atoms with van der Waals surface area (Å²) in [6, 6.07) is 7.38. The molecule has 0 spiro atoms. The molecular weight excluding hydrogens is 330 g/mol. The van der Waals surface area contributed by atoms with Crippen LogP contribution in [0.25, 0.3) is 0 Å². The first-order valence-electron chi connectivity index (χ1n) is 7.05. The number of amides is 4. The Bertz CT molecular complexity index is 1040. The molecular formula is C16H7N3O6. The average Bonchev–Trinajstić information content (AvgIpc) is 3.01. The molecule has 0 fully saturated rings. The maximum Gasteiger partial charge on any atom is 0.270 e. The number of non-ortho nitro benzene ring substituents is 1. The average molecular weight is 337 g/mol. The molecule has 2 aliphatic rings. The Kier molecular flexibility index (Phi) is 2.83. The molecule has 4 rings (SSSR count). The smallest absolute Gasteiger partial charge is 0.270 e. The summed E-state index contributed by atoms with van der Waals surface area (Å²) in [6.07, 6.45) is 0. The van der Waals surface area contributed by atoms with Crippen LogP contribution >= 0.6 is 0 Å². The molecule has 9 heteroatoms. The second kappa shape index (κ2) is 4.81. The van der Waals surface area contributed by atoms with Gasteiger partial charge in [0.25, 0.3) is 29.3 Å². The number of nitrogens with zero attached hydrogens (tertiary/aromatic N) is 2. The van der Waals surface area contributed by atoms with Crippen molar-refractivity contribution in [2.24, 2.45) is 0 Å². The lowest BCUT2D eigenvalue weighted by molar-refractivity contribution is -0.384. The van der Waals surface area contributed by atoms with Crippen LogP contribution in [-0.2, 0) is 0 Å². The number of benzene rings is 2. The molecule has 2 aromatic rings. The van der Waals surface area contributed by atoms with Crippen LogP contribution in [0.3, 0.4) is 0 Å². The number of rotatable bonds is 2. The van der Waals surface area contributed by atoms with Gasteiger partial charge in [0.15, 0.2) is 0 Å². The maximum absolute atomic E-state index is 12.5. The quantitative estimate of drug-likeness (QED) is 0.499. The van der Waals surface area contributed by atoms with Gasteiger partial charge in [-0.2, -0.15) is 0 Å². The third-order valence-electron chi connectivity index (χ3n) is 4.06. The summed E-state index contributed by atoms with van der Waals surface area (Å²) in [5, 5.41) is 13.0. The number of fused-ring (bicyclic) bond motifs is 2. The zero-order valence-electron chi connectivity index (χ0n) is 12.3. The molecule has 1 N–H and O–H groups in total. The summed E-state index contributed by atoms with van der Waals surface area (Å²) in [5.41, 5.74) is -0.0268. The van der Waals surface area contributed by atoms with Crippen LogP contribution in [0.15, 0.2) is 36.4 Å². The lowest BCUT2D eigenvalue weighted by Crippen LogP contribution is -2.29. The Morgan fingerprint density at radius 3 is 2.16 bits per heavy atom. The van der Waals surface area contributed by atoms with Gasteiger partial charge in [-0.15, -0.1) is 0 Å². The first-order valence-corrected chi connectivity index (χ1v) is 7.05. The number of nitro groups is 1. The predicted molar refractivity (Wildman–Crippen MR) is 82.5 cm³/mol. The van der Waals surface area contributed by atoms with Crippen LogP contribution in [0.4, 0.5) is 11.4 Å². The molecule has 9 nitrogen and oxygen atoms in total. The van der Waals surface area contributed by atoms with Crippen LogP contribution < -0.4 is 10.2 Å². The normalized spacial score (nSPS) is 15.3. The molecule has 0 aliphatic carbocycles. The third kappa shape index (κ3) is 1.96. The van der Waals surface area contributed by atoms with Crippen molar-refractivity contribution in [1.82, 2.24) is 5.32 Å². The fourth-order valence-corrected chi connectivity index (χ4v) is 2.87. The van der Waals surface area contributed by atoms with E-state index in [0.29, 0.717) is 0 Å². The lowest BCUT2D eigenvalue weighted by atomic mass is 10.1. The predicted octanol–water partition coefficient (Wildman–Crippen LogP) is 1.28. The molecule has 2 aromatic carbocycles. The molecule has 25 heavy (non-hydrogen) atoms. The number of nitro benzene ring substituents is 1. The first kappa shape index (κ1) is 14.7. The van der Waals surface area contributed by atoms with Crippen LogP contribution in [0, 0.1) is 10.1 Å². The number of anilines is 1. The monoisotopic (exact) mass is 337 g/mol. The summed E-state index contributed by atoms with van der Waals surface area (Å²) < 4.78 is 0. The van der Waals surface area contributed by atoms with Crippen molar-refractivity contribution in [3.8, 4) is 0 Å². The molecule has 0 bridgehead atoms. The molecule has 0 saturated carbocycles. The summed E-state index contributed by atoms with van der Waals surface area (Å²) in [6.45, 7) is 0. The minimum atomic E-state index is -0.728. The van der Waals surface area contributed by atoms with Crippen LogP contribution in [0.1, 0.15) is 41.4 Å². The number of carbonyl (C=O) groups excluding carboxylic acids is 4. The minimum Gasteiger partial charge on any atom is -0.288 e. The minimum absolute atomic E-state index is 0.0385. The van der Waals surface area contributed by atoms with Gasteiger partial charge in [0, 0.05) is 12.1 Å². The highest BCUT2D eigenvalue weighted by molar-refractivity contribution is 6.35. The zero-order chi connectivity index (χ0) is 17.9. The van der Waals surface area contributed by atoms with E-state index in [1.807, 2.05) is 0 Å². The fraction of sp³-hybridized carbons (Fsp3) is 0. The Morgan fingerprint density at radius 1 is 0.800 bits per heavy atom. The summed E-state index contributed by atoms with van der Waals surface area (Å²) >= 11 is 0. The van der Waals surface area contributed by atoms with E-state index in [9.17, 15) is 29.3 Å². The molecule has 0 atom stereocenters. The van der Waals surface area contributed by atoms with E-state index in [1.165, 1.54) is 24.3 Å². The van der Waals surface area contributed by atoms with Gasteiger partial charge >= 0.3 is 0 Å². The van der Waals surface area contributed by atoms with Gasteiger partial charge in [0.2, 0.25) is 0 Å². The van der Waals surface area contributed by atoms with Crippen molar-refractivity contribution in [1.29, 1.82) is 0 Å². The van der Waals surface area contributed by atoms with E-state index in [-0.39, 0.29) is 33.6 Å². The molecule has 0 unspecified atom stereocenters. The highest BCUT2D eigenvalue weighted by atomic mass is 16.6. The van der Waals surface area contributed by atoms with Crippen molar-refractivity contribution in [2.75, 3.05) is 4.90 Å².